The Bertz CT molecular complexity index is 111. The Kier molecular flexibility index (Phi) is 8.92. The molecule has 0 atom stereocenters. The molecule has 0 bridgehead atoms. The Balaban J connectivity index is 0. The molecule has 0 aromatic carbocycles. The maximum atomic E-state index is 9.50. The number of nitro groups is 1. The molecule has 0 unspecified atom stereocenters. The van der Waals surface area contributed by atoms with Crippen molar-refractivity contribution < 1.29 is 14.5 Å². The van der Waals surface area contributed by atoms with Crippen LogP contribution >= 0.6 is 0 Å². The summed E-state index contributed by atoms with van der Waals surface area (Å²) in [6.45, 7) is 1.54. The Morgan fingerprint density at radius 3 is 1.60 bits per heavy atom. The minimum Gasteiger partial charge on any atom is -0.303 e. The SMILES string of the molecule is CC(C=O)C=O.C[N+](=O)[O-]. The van der Waals surface area contributed by atoms with Gasteiger partial charge >= 0.3 is 0 Å². The molecule has 0 aromatic rings. The molecule has 0 N–H and O–H groups in total. The first-order valence-corrected chi connectivity index (χ1v) is 2.53. The minimum atomic E-state index is -0.500. The maximum absolute atomic E-state index is 9.50. The number of hydrogen-bond acceptors (Lipinski definition) is 4. The quantitative estimate of drug-likeness (QED) is 0.237. The second kappa shape index (κ2) is 7.74. The van der Waals surface area contributed by atoms with Gasteiger partial charge < -0.3 is 9.59 Å². The fourth-order valence-corrected chi connectivity index (χ4v) is 0.0321. The highest BCUT2D eigenvalue weighted by Gasteiger charge is 1.89. The van der Waals surface area contributed by atoms with E-state index in [-0.39, 0.29) is 0 Å². The van der Waals surface area contributed by atoms with Crippen LogP contribution in [0, 0.1) is 16.0 Å². The van der Waals surface area contributed by atoms with Crippen LogP contribution in [-0.4, -0.2) is 24.5 Å². The van der Waals surface area contributed by atoms with Crippen molar-refractivity contribution in [3.8, 4) is 0 Å². The van der Waals surface area contributed by atoms with Crippen LogP contribution in [0.1, 0.15) is 6.92 Å². The molecule has 0 aliphatic heterocycles. The molecule has 0 saturated heterocycles. The van der Waals surface area contributed by atoms with E-state index in [4.69, 9.17) is 10.1 Å². The molecule has 0 saturated carbocycles. The molecule has 5 nitrogen and oxygen atoms in total. The van der Waals surface area contributed by atoms with E-state index in [0.717, 1.165) is 7.05 Å². The van der Waals surface area contributed by atoms with E-state index in [1.165, 1.54) is 0 Å². The summed E-state index contributed by atoms with van der Waals surface area (Å²) in [5.41, 5.74) is 0. The fourth-order valence-electron chi connectivity index (χ4n) is 0.0321. The Labute approximate surface area is 58.2 Å². The molecule has 58 valence electrons. The van der Waals surface area contributed by atoms with Crippen molar-refractivity contribution in [1.29, 1.82) is 0 Å². The predicted octanol–water partition coefficient (Wildman–Crippen LogP) is -0.0868. The second-order valence-electron chi connectivity index (χ2n) is 1.57. The lowest BCUT2D eigenvalue weighted by molar-refractivity contribution is -0.445. The molecule has 0 amide bonds. The van der Waals surface area contributed by atoms with Crippen molar-refractivity contribution in [3.05, 3.63) is 10.1 Å². The normalized spacial score (nSPS) is 7.50. The monoisotopic (exact) mass is 147 g/mol. The van der Waals surface area contributed by atoms with E-state index in [1.807, 2.05) is 0 Å². The Morgan fingerprint density at radius 2 is 1.60 bits per heavy atom. The summed E-state index contributed by atoms with van der Waals surface area (Å²) in [4.78, 5) is 27.3. The van der Waals surface area contributed by atoms with Gasteiger partial charge in [-0.15, -0.1) is 0 Å². The lowest BCUT2D eigenvalue weighted by Crippen LogP contribution is -1.93. The largest absolute Gasteiger partial charge is 0.303 e. The third-order valence-electron chi connectivity index (χ3n) is 0.429. The molecule has 0 aliphatic carbocycles. The molecule has 0 rings (SSSR count). The lowest BCUT2D eigenvalue weighted by atomic mass is 10.3. The molecule has 5 heteroatoms. The average Bonchev–Trinajstić information content (AvgIpc) is 1.85. The van der Waals surface area contributed by atoms with Crippen molar-refractivity contribution in [1.82, 2.24) is 0 Å². The van der Waals surface area contributed by atoms with Crippen LogP contribution in [0.5, 0.6) is 0 Å². The van der Waals surface area contributed by atoms with Crippen LogP contribution in [0.25, 0.3) is 0 Å². The molecule has 10 heavy (non-hydrogen) atoms. The third kappa shape index (κ3) is 29.6. The smallest absolute Gasteiger partial charge is 0.194 e. The molecular weight excluding hydrogens is 138 g/mol. The van der Waals surface area contributed by atoms with E-state index in [0.29, 0.717) is 12.6 Å². The summed E-state index contributed by atoms with van der Waals surface area (Å²) in [5, 5.41) is 8.81. The van der Waals surface area contributed by atoms with Crippen LogP contribution in [0.15, 0.2) is 0 Å². The van der Waals surface area contributed by atoms with Crippen molar-refractivity contribution >= 4 is 12.6 Å². The molecule has 0 aromatic heterocycles. The summed E-state index contributed by atoms with van der Waals surface area (Å²) in [6.07, 6.45) is 1.21. The van der Waals surface area contributed by atoms with Gasteiger partial charge in [-0.1, -0.05) is 0 Å². The maximum Gasteiger partial charge on any atom is 0.194 e. The second-order valence-corrected chi connectivity index (χ2v) is 1.57. The van der Waals surface area contributed by atoms with Gasteiger partial charge in [0.2, 0.25) is 0 Å². The number of carbonyl (C=O) groups excluding carboxylic acids is 2. The van der Waals surface area contributed by atoms with E-state index >= 15 is 0 Å². The van der Waals surface area contributed by atoms with Gasteiger partial charge in [0.05, 0.1) is 5.92 Å². The van der Waals surface area contributed by atoms with Gasteiger partial charge in [0, 0.05) is 4.92 Å². The van der Waals surface area contributed by atoms with E-state index in [1.54, 1.807) is 6.92 Å². The molecule has 0 radical (unpaired) electrons. The van der Waals surface area contributed by atoms with Crippen LogP contribution in [0.2, 0.25) is 0 Å². The van der Waals surface area contributed by atoms with Gasteiger partial charge in [0.25, 0.3) is 0 Å². The summed E-state index contributed by atoms with van der Waals surface area (Å²) >= 11 is 0. The van der Waals surface area contributed by atoms with E-state index < -0.39 is 10.8 Å². The molecule has 0 heterocycles. The van der Waals surface area contributed by atoms with Crippen molar-refractivity contribution in [2.75, 3.05) is 7.05 Å². The first-order chi connectivity index (χ1) is 4.54. The third-order valence-corrected chi connectivity index (χ3v) is 0.429. The van der Waals surface area contributed by atoms with Crippen molar-refractivity contribution in [2.45, 2.75) is 6.92 Å². The number of carbonyl (C=O) groups is 2. The van der Waals surface area contributed by atoms with Gasteiger partial charge in [0.15, 0.2) is 7.05 Å². The summed E-state index contributed by atoms with van der Waals surface area (Å²) in [7, 11) is 0.889. The van der Waals surface area contributed by atoms with Gasteiger partial charge in [0.1, 0.15) is 12.6 Å². The highest BCUT2D eigenvalue weighted by Crippen LogP contribution is 1.75. The van der Waals surface area contributed by atoms with Crippen molar-refractivity contribution in [2.24, 2.45) is 5.92 Å². The van der Waals surface area contributed by atoms with Crippen LogP contribution in [0.3, 0.4) is 0 Å². The zero-order chi connectivity index (χ0) is 8.57. The molecule has 0 aliphatic rings. The van der Waals surface area contributed by atoms with Crippen LogP contribution in [-0.2, 0) is 9.59 Å². The average molecular weight is 147 g/mol. The highest BCUT2D eigenvalue weighted by atomic mass is 16.6. The van der Waals surface area contributed by atoms with Crippen molar-refractivity contribution in [3.63, 3.8) is 0 Å². The van der Waals surface area contributed by atoms with Gasteiger partial charge in [-0.2, -0.15) is 0 Å². The molecule has 0 spiro atoms. The number of aldehydes is 2. The van der Waals surface area contributed by atoms with Gasteiger partial charge in [-0.3, -0.25) is 10.1 Å². The highest BCUT2D eigenvalue weighted by molar-refractivity contribution is 5.76. The van der Waals surface area contributed by atoms with Crippen LogP contribution < -0.4 is 0 Å². The summed E-state index contributed by atoms with van der Waals surface area (Å²) in [5.74, 6) is -0.426. The Morgan fingerprint density at radius 1 is 1.40 bits per heavy atom. The predicted molar refractivity (Wildman–Crippen MR) is 34.2 cm³/mol. The number of nitrogens with zero attached hydrogens (tertiary/aromatic N) is 1. The summed E-state index contributed by atoms with van der Waals surface area (Å²) in [6, 6.07) is 0. The van der Waals surface area contributed by atoms with Gasteiger partial charge in [-0.25, -0.2) is 0 Å². The topological polar surface area (TPSA) is 77.3 Å². The zero-order valence-electron chi connectivity index (χ0n) is 5.81. The molecule has 0 fully saturated rings. The standard InChI is InChI=1S/C4H6O2.CH3NO2/c1-4(2-5)3-6;1-2(3)4/h2-4H,1H3;1H3. The summed E-state index contributed by atoms with van der Waals surface area (Å²) < 4.78 is 0. The zero-order valence-corrected chi connectivity index (χ0v) is 5.81. The number of hydrogen-bond donors (Lipinski definition) is 0. The first-order valence-electron chi connectivity index (χ1n) is 2.53. The van der Waals surface area contributed by atoms with Crippen LogP contribution in [0.4, 0.5) is 0 Å². The van der Waals surface area contributed by atoms with Gasteiger partial charge in [-0.05, 0) is 6.92 Å². The lowest BCUT2D eigenvalue weighted by Gasteiger charge is -1.78. The van der Waals surface area contributed by atoms with E-state index in [9.17, 15) is 9.59 Å². The first kappa shape index (κ1) is 11.5. The fraction of sp³-hybridized carbons (Fsp3) is 0.600. The molecular formula is C5H9NO4. The van der Waals surface area contributed by atoms with E-state index in [2.05, 4.69) is 0 Å². The number of rotatable bonds is 2. The minimum absolute atomic E-state index is 0.426. The Hall–Kier alpha value is -1.26.